The Hall–Kier alpha value is -2.76. The summed E-state index contributed by atoms with van der Waals surface area (Å²) < 4.78 is 0. The molecule has 2 amide bonds. The number of piperidine rings is 1. The number of hydrogen-bond acceptors (Lipinski definition) is 4. The third kappa shape index (κ3) is 4.53. The Labute approximate surface area is 177 Å². The number of carbonyl (C=O) groups is 2. The largest absolute Gasteiger partial charge is 0.365 e. The fourth-order valence-corrected chi connectivity index (χ4v) is 5.12. The van der Waals surface area contributed by atoms with Crippen LogP contribution in [0.3, 0.4) is 0 Å². The van der Waals surface area contributed by atoms with Gasteiger partial charge in [-0.15, -0.1) is 0 Å². The summed E-state index contributed by atoms with van der Waals surface area (Å²) in [6.07, 6.45) is 10.2. The van der Waals surface area contributed by atoms with Crippen LogP contribution in [-0.4, -0.2) is 39.8 Å². The molecule has 1 aromatic carbocycles. The number of amides is 2. The molecule has 1 aliphatic carbocycles. The third-order valence-corrected chi connectivity index (χ3v) is 6.76. The summed E-state index contributed by atoms with van der Waals surface area (Å²) in [5.41, 5.74) is 7.74. The number of nitrogens with zero attached hydrogens (tertiary/aromatic N) is 3. The van der Waals surface area contributed by atoms with Crippen molar-refractivity contribution in [1.82, 2.24) is 14.9 Å². The molecule has 158 valence electrons. The molecule has 6 nitrogen and oxygen atoms in total. The molecule has 0 spiro atoms. The molecule has 2 N–H and O–H groups in total. The van der Waals surface area contributed by atoms with E-state index in [9.17, 15) is 9.59 Å². The first-order valence-electron chi connectivity index (χ1n) is 11.1. The van der Waals surface area contributed by atoms with Crippen LogP contribution >= 0.6 is 0 Å². The Balaban J connectivity index is 1.41. The molecular weight excluding hydrogens is 376 g/mol. The Bertz CT molecular complexity index is 872. The Morgan fingerprint density at radius 2 is 1.77 bits per heavy atom. The summed E-state index contributed by atoms with van der Waals surface area (Å²) in [5, 5.41) is 0. The van der Waals surface area contributed by atoms with Gasteiger partial charge >= 0.3 is 0 Å². The van der Waals surface area contributed by atoms with Crippen molar-refractivity contribution >= 4 is 11.8 Å². The van der Waals surface area contributed by atoms with E-state index in [4.69, 9.17) is 5.73 Å². The molecule has 2 aromatic rings. The topological polar surface area (TPSA) is 89.2 Å². The molecule has 6 heteroatoms. The lowest BCUT2D eigenvalue weighted by Crippen LogP contribution is -2.43. The van der Waals surface area contributed by atoms with Crippen LogP contribution in [0, 0.1) is 11.8 Å². The molecule has 4 rings (SSSR count). The Morgan fingerprint density at radius 3 is 2.43 bits per heavy atom. The van der Waals surface area contributed by atoms with E-state index in [0.29, 0.717) is 23.8 Å². The van der Waals surface area contributed by atoms with Gasteiger partial charge in [-0.25, -0.2) is 9.97 Å². The van der Waals surface area contributed by atoms with E-state index in [1.54, 1.807) is 0 Å². The summed E-state index contributed by atoms with van der Waals surface area (Å²) >= 11 is 0. The highest BCUT2D eigenvalue weighted by Crippen LogP contribution is 2.39. The fourth-order valence-electron chi connectivity index (χ4n) is 5.12. The van der Waals surface area contributed by atoms with Crippen LogP contribution in [0.4, 0.5) is 0 Å². The van der Waals surface area contributed by atoms with Crippen molar-refractivity contribution in [3.05, 3.63) is 59.7 Å². The molecule has 2 fully saturated rings. The SMILES string of the molecule is NC(=O)c1cncnc1CC1CCN(C(=O)[C@H](c2ccccc2)C2CCCC2)CC1. The molecule has 1 aromatic heterocycles. The van der Waals surface area contributed by atoms with Crippen LogP contribution in [-0.2, 0) is 11.2 Å². The Morgan fingerprint density at radius 1 is 1.07 bits per heavy atom. The average Bonchev–Trinajstić information content (AvgIpc) is 3.30. The van der Waals surface area contributed by atoms with Gasteiger partial charge in [0.15, 0.2) is 0 Å². The monoisotopic (exact) mass is 406 g/mol. The fraction of sp³-hybridized carbons (Fsp3) is 0.500. The number of rotatable bonds is 6. The second kappa shape index (κ2) is 9.37. The van der Waals surface area contributed by atoms with Crippen molar-refractivity contribution in [3.8, 4) is 0 Å². The van der Waals surface area contributed by atoms with Gasteiger partial charge in [-0.2, -0.15) is 0 Å². The molecule has 30 heavy (non-hydrogen) atoms. The van der Waals surface area contributed by atoms with Crippen molar-refractivity contribution in [1.29, 1.82) is 0 Å². The minimum Gasteiger partial charge on any atom is -0.365 e. The zero-order valence-electron chi connectivity index (χ0n) is 17.4. The predicted octanol–water partition coefficient (Wildman–Crippen LogP) is 3.33. The average molecular weight is 407 g/mol. The van der Waals surface area contributed by atoms with Gasteiger partial charge < -0.3 is 10.6 Å². The standard InChI is InChI=1S/C24H30N4O2/c25-23(29)20-15-26-16-27-21(20)14-17-10-12-28(13-11-17)24(30)22(19-8-4-5-9-19)18-6-2-1-3-7-18/h1-3,6-7,15-17,19,22H,4-5,8-14H2,(H2,25,29)/t22-/m1/s1. The smallest absolute Gasteiger partial charge is 0.252 e. The lowest BCUT2D eigenvalue weighted by Gasteiger charge is -2.36. The van der Waals surface area contributed by atoms with Gasteiger partial charge in [0, 0.05) is 19.3 Å². The van der Waals surface area contributed by atoms with E-state index >= 15 is 0 Å². The number of nitrogens with two attached hydrogens (primary N) is 1. The van der Waals surface area contributed by atoms with Gasteiger partial charge in [0.2, 0.25) is 5.91 Å². The van der Waals surface area contributed by atoms with E-state index in [2.05, 4.69) is 27.0 Å². The maximum atomic E-state index is 13.5. The van der Waals surface area contributed by atoms with Crippen molar-refractivity contribution < 1.29 is 9.59 Å². The van der Waals surface area contributed by atoms with Gasteiger partial charge in [-0.3, -0.25) is 9.59 Å². The maximum absolute atomic E-state index is 13.5. The zero-order valence-corrected chi connectivity index (χ0v) is 17.4. The van der Waals surface area contributed by atoms with Gasteiger partial charge in [0.1, 0.15) is 6.33 Å². The molecule has 1 saturated carbocycles. The molecule has 2 heterocycles. The summed E-state index contributed by atoms with van der Waals surface area (Å²) in [6, 6.07) is 10.3. The third-order valence-electron chi connectivity index (χ3n) is 6.76. The van der Waals surface area contributed by atoms with Crippen molar-refractivity contribution in [3.63, 3.8) is 0 Å². The lowest BCUT2D eigenvalue weighted by molar-refractivity contribution is -0.135. The van der Waals surface area contributed by atoms with Crippen LogP contribution in [0.5, 0.6) is 0 Å². The second-order valence-electron chi connectivity index (χ2n) is 8.65. The van der Waals surface area contributed by atoms with Gasteiger partial charge in [-0.05, 0) is 49.5 Å². The van der Waals surface area contributed by atoms with Crippen LogP contribution < -0.4 is 5.73 Å². The molecular formula is C24H30N4O2. The highest BCUT2D eigenvalue weighted by Gasteiger charge is 2.36. The van der Waals surface area contributed by atoms with Crippen molar-refractivity contribution in [2.24, 2.45) is 17.6 Å². The van der Waals surface area contributed by atoms with Gasteiger partial charge in [-0.1, -0.05) is 43.2 Å². The first kappa shape index (κ1) is 20.5. The second-order valence-corrected chi connectivity index (χ2v) is 8.65. The van der Waals surface area contributed by atoms with E-state index in [0.717, 1.165) is 50.0 Å². The number of hydrogen-bond donors (Lipinski definition) is 1. The molecule has 1 aliphatic heterocycles. The van der Waals surface area contributed by atoms with Crippen LogP contribution in [0.15, 0.2) is 42.9 Å². The molecule has 0 bridgehead atoms. The molecule has 2 aliphatic rings. The molecule has 0 unspecified atom stereocenters. The van der Waals surface area contributed by atoms with E-state index in [1.807, 2.05) is 18.2 Å². The zero-order chi connectivity index (χ0) is 20.9. The molecule has 1 atom stereocenters. The predicted molar refractivity (Wildman–Crippen MR) is 115 cm³/mol. The van der Waals surface area contributed by atoms with Crippen LogP contribution in [0.25, 0.3) is 0 Å². The Kier molecular flexibility index (Phi) is 6.41. The highest BCUT2D eigenvalue weighted by molar-refractivity contribution is 5.93. The maximum Gasteiger partial charge on any atom is 0.252 e. The lowest BCUT2D eigenvalue weighted by atomic mass is 9.82. The number of likely N-dealkylation sites (tertiary alicyclic amines) is 1. The van der Waals surface area contributed by atoms with Gasteiger partial charge in [0.05, 0.1) is 17.2 Å². The number of primary amides is 1. The quantitative estimate of drug-likeness (QED) is 0.797. The highest BCUT2D eigenvalue weighted by atomic mass is 16.2. The first-order valence-corrected chi connectivity index (χ1v) is 11.1. The van der Waals surface area contributed by atoms with Crippen LogP contribution in [0.1, 0.15) is 66.1 Å². The summed E-state index contributed by atoms with van der Waals surface area (Å²) in [4.78, 5) is 35.4. The van der Waals surface area contributed by atoms with E-state index in [1.165, 1.54) is 25.4 Å². The van der Waals surface area contributed by atoms with Crippen LogP contribution in [0.2, 0.25) is 0 Å². The van der Waals surface area contributed by atoms with Crippen molar-refractivity contribution in [2.45, 2.75) is 50.9 Å². The first-order chi connectivity index (χ1) is 14.6. The number of carbonyl (C=O) groups excluding carboxylic acids is 2. The summed E-state index contributed by atoms with van der Waals surface area (Å²) in [5.74, 6) is 0.626. The van der Waals surface area contributed by atoms with Crippen molar-refractivity contribution in [2.75, 3.05) is 13.1 Å². The minimum absolute atomic E-state index is 0.0198. The summed E-state index contributed by atoms with van der Waals surface area (Å²) in [7, 11) is 0. The normalized spacial score (nSPS) is 19.0. The number of aromatic nitrogens is 2. The summed E-state index contributed by atoms with van der Waals surface area (Å²) in [6.45, 7) is 1.52. The minimum atomic E-state index is -0.486. The number of benzene rings is 1. The molecule has 0 radical (unpaired) electrons. The van der Waals surface area contributed by atoms with Gasteiger partial charge in [0.25, 0.3) is 5.91 Å². The van der Waals surface area contributed by atoms with E-state index < -0.39 is 5.91 Å². The van der Waals surface area contributed by atoms with E-state index in [-0.39, 0.29) is 11.8 Å². The molecule has 1 saturated heterocycles.